The van der Waals surface area contributed by atoms with Crippen LogP contribution in [-0.2, 0) is 4.79 Å². The smallest absolute Gasteiger partial charge is 0.226 e. The highest BCUT2D eigenvalue weighted by molar-refractivity contribution is 9.09. The molecular weight excluding hydrogens is 332 g/mol. The van der Waals surface area contributed by atoms with E-state index in [4.69, 9.17) is 4.74 Å². The average molecular weight is 355 g/mol. The molecule has 0 aromatic heterocycles. The lowest BCUT2D eigenvalue weighted by Crippen LogP contribution is -2.49. The summed E-state index contributed by atoms with van der Waals surface area (Å²) in [5.74, 6) is 1.03. The number of amides is 1. The number of alkyl halides is 1. The zero-order valence-electron chi connectivity index (χ0n) is 12.6. The third kappa shape index (κ3) is 5.32. The van der Waals surface area contributed by atoms with Crippen molar-refractivity contribution in [2.75, 3.05) is 44.7 Å². The first-order chi connectivity index (χ1) is 10.2. The van der Waals surface area contributed by atoms with Crippen LogP contribution < -0.4 is 4.74 Å². The number of halogens is 1. The number of piperazine rings is 1. The van der Waals surface area contributed by atoms with E-state index < -0.39 is 0 Å². The van der Waals surface area contributed by atoms with Gasteiger partial charge in [0, 0.05) is 38.1 Å². The molecule has 0 unspecified atom stereocenters. The van der Waals surface area contributed by atoms with Crippen molar-refractivity contribution in [3.05, 3.63) is 29.8 Å². The van der Waals surface area contributed by atoms with Crippen molar-refractivity contribution in [2.45, 2.75) is 13.3 Å². The molecular formula is C16H23BrN2O2. The Kier molecular flexibility index (Phi) is 6.51. The number of rotatable bonds is 6. The zero-order chi connectivity index (χ0) is 15.1. The summed E-state index contributed by atoms with van der Waals surface area (Å²) in [4.78, 5) is 16.5. The van der Waals surface area contributed by atoms with E-state index in [1.807, 2.05) is 36.1 Å². The first-order valence-electron chi connectivity index (χ1n) is 7.44. The van der Waals surface area contributed by atoms with Crippen LogP contribution in [0.3, 0.4) is 0 Å². The molecule has 2 rings (SSSR count). The van der Waals surface area contributed by atoms with Gasteiger partial charge in [0.05, 0.1) is 13.0 Å². The van der Waals surface area contributed by atoms with Gasteiger partial charge in [-0.05, 0) is 24.6 Å². The fourth-order valence-corrected chi connectivity index (χ4v) is 2.96. The van der Waals surface area contributed by atoms with Gasteiger partial charge in [-0.3, -0.25) is 9.69 Å². The molecule has 116 valence electrons. The van der Waals surface area contributed by atoms with Crippen molar-refractivity contribution < 1.29 is 9.53 Å². The van der Waals surface area contributed by atoms with Gasteiger partial charge >= 0.3 is 0 Å². The zero-order valence-corrected chi connectivity index (χ0v) is 14.1. The molecule has 1 amide bonds. The standard InChI is InChI=1S/C16H23BrN2O2/c1-14-3-2-4-15(13-14)21-12-5-16(20)19-10-8-18(7-6-17)9-11-19/h2-4,13H,5-12H2,1H3. The summed E-state index contributed by atoms with van der Waals surface area (Å²) in [6.07, 6.45) is 0.451. The van der Waals surface area contributed by atoms with E-state index in [9.17, 15) is 4.79 Å². The molecule has 0 spiro atoms. The first-order valence-corrected chi connectivity index (χ1v) is 8.57. The molecule has 5 heteroatoms. The van der Waals surface area contributed by atoms with Crippen molar-refractivity contribution in [1.29, 1.82) is 0 Å². The average Bonchev–Trinajstić information content (AvgIpc) is 2.48. The van der Waals surface area contributed by atoms with Crippen LogP contribution in [0.4, 0.5) is 0 Å². The van der Waals surface area contributed by atoms with Crippen molar-refractivity contribution >= 4 is 21.8 Å². The van der Waals surface area contributed by atoms with Gasteiger partial charge in [0.15, 0.2) is 0 Å². The molecule has 1 aromatic carbocycles. The largest absolute Gasteiger partial charge is 0.493 e. The third-order valence-electron chi connectivity index (χ3n) is 3.70. The first kappa shape index (κ1) is 16.3. The van der Waals surface area contributed by atoms with E-state index >= 15 is 0 Å². The number of nitrogens with zero attached hydrogens (tertiary/aromatic N) is 2. The van der Waals surface area contributed by atoms with E-state index in [0.29, 0.717) is 13.0 Å². The normalized spacial score (nSPS) is 16.0. The van der Waals surface area contributed by atoms with Gasteiger partial charge in [0.2, 0.25) is 5.91 Å². The molecule has 1 heterocycles. The molecule has 1 aliphatic rings. The predicted molar refractivity (Wildman–Crippen MR) is 88.1 cm³/mol. The van der Waals surface area contributed by atoms with Crippen LogP contribution in [0.1, 0.15) is 12.0 Å². The summed E-state index contributed by atoms with van der Waals surface area (Å²) < 4.78 is 5.64. The second kappa shape index (κ2) is 8.39. The summed E-state index contributed by atoms with van der Waals surface area (Å²) in [5, 5.41) is 0.991. The molecule has 0 bridgehead atoms. The maximum Gasteiger partial charge on any atom is 0.226 e. The fourth-order valence-electron chi connectivity index (χ4n) is 2.46. The van der Waals surface area contributed by atoms with Crippen LogP contribution in [0, 0.1) is 6.92 Å². The maximum absolute atomic E-state index is 12.1. The van der Waals surface area contributed by atoms with Crippen molar-refractivity contribution in [3.63, 3.8) is 0 Å². The summed E-state index contributed by atoms with van der Waals surface area (Å²) in [6, 6.07) is 7.92. The second-order valence-electron chi connectivity index (χ2n) is 5.33. The number of hydrogen-bond acceptors (Lipinski definition) is 3. The lowest BCUT2D eigenvalue weighted by atomic mass is 10.2. The number of carbonyl (C=O) groups excluding carboxylic acids is 1. The topological polar surface area (TPSA) is 32.8 Å². The second-order valence-corrected chi connectivity index (χ2v) is 6.12. The SMILES string of the molecule is Cc1cccc(OCCC(=O)N2CCN(CCBr)CC2)c1. The van der Waals surface area contributed by atoms with Crippen LogP contribution in [0.5, 0.6) is 5.75 Å². The molecule has 0 saturated carbocycles. The Morgan fingerprint density at radius 1 is 1.29 bits per heavy atom. The Morgan fingerprint density at radius 3 is 2.71 bits per heavy atom. The van der Waals surface area contributed by atoms with E-state index in [0.717, 1.165) is 43.8 Å². The van der Waals surface area contributed by atoms with Crippen LogP contribution in [-0.4, -0.2) is 60.4 Å². The van der Waals surface area contributed by atoms with Gasteiger partial charge in [-0.1, -0.05) is 28.1 Å². The van der Waals surface area contributed by atoms with Gasteiger partial charge in [0.1, 0.15) is 5.75 Å². The van der Waals surface area contributed by atoms with E-state index in [2.05, 4.69) is 20.8 Å². The molecule has 0 radical (unpaired) electrons. The Bertz CT molecular complexity index is 459. The van der Waals surface area contributed by atoms with E-state index in [-0.39, 0.29) is 5.91 Å². The number of benzene rings is 1. The highest BCUT2D eigenvalue weighted by Crippen LogP contribution is 2.13. The minimum Gasteiger partial charge on any atom is -0.493 e. The quantitative estimate of drug-likeness (QED) is 0.735. The minimum atomic E-state index is 0.196. The Hall–Kier alpha value is -1.07. The molecule has 0 atom stereocenters. The van der Waals surface area contributed by atoms with Crippen molar-refractivity contribution in [3.8, 4) is 5.75 Å². The molecule has 21 heavy (non-hydrogen) atoms. The summed E-state index contributed by atoms with van der Waals surface area (Å²) in [6.45, 7) is 7.13. The van der Waals surface area contributed by atoms with Crippen LogP contribution >= 0.6 is 15.9 Å². The number of ether oxygens (including phenoxy) is 1. The summed E-state index contributed by atoms with van der Waals surface area (Å²) in [7, 11) is 0. The molecule has 1 aromatic rings. The monoisotopic (exact) mass is 354 g/mol. The minimum absolute atomic E-state index is 0.196. The van der Waals surface area contributed by atoms with Crippen molar-refractivity contribution in [2.24, 2.45) is 0 Å². The lowest BCUT2D eigenvalue weighted by molar-refractivity contribution is -0.133. The number of hydrogen-bond donors (Lipinski definition) is 0. The molecule has 1 saturated heterocycles. The van der Waals surface area contributed by atoms with E-state index in [1.54, 1.807) is 0 Å². The Labute approximate surface area is 135 Å². The highest BCUT2D eigenvalue weighted by Gasteiger charge is 2.20. The molecule has 0 aliphatic carbocycles. The third-order valence-corrected chi connectivity index (χ3v) is 4.05. The van der Waals surface area contributed by atoms with Crippen LogP contribution in [0.25, 0.3) is 0 Å². The molecule has 0 N–H and O–H groups in total. The summed E-state index contributed by atoms with van der Waals surface area (Å²) >= 11 is 3.45. The number of aryl methyl sites for hydroxylation is 1. The lowest BCUT2D eigenvalue weighted by Gasteiger charge is -2.34. The van der Waals surface area contributed by atoms with Gasteiger partial charge in [0.25, 0.3) is 0 Å². The molecule has 1 aliphatic heterocycles. The highest BCUT2D eigenvalue weighted by atomic mass is 79.9. The predicted octanol–water partition coefficient (Wildman–Crippen LogP) is 2.30. The van der Waals surface area contributed by atoms with E-state index in [1.165, 1.54) is 5.56 Å². The number of carbonyl (C=O) groups is 1. The Balaban J connectivity index is 1.68. The van der Waals surface area contributed by atoms with Gasteiger partial charge in [-0.2, -0.15) is 0 Å². The Morgan fingerprint density at radius 2 is 2.05 bits per heavy atom. The van der Waals surface area contributed by atoms with Crippen LogP contribution in [0.15, 0.2) is 24.3 Å². The fraction of sp³-hybridized carbons (Fsp3) is 0.562. The van der Waals surface area contributed by atoms with Crippen LogP contribution in [0.2, 0.25) is 0 Å². The van der Waals surface area contributed by atoms with Gasteiger partial charge in [-0.25, -0.2) is 0 Å². The molecule has 4 nitrogen and oxygen atoms in total. The van der Waals surface area contributed by atoms with Crippen molar-refractivity contribution in [1.82, 2.24) is 9.80 Å². The molecule has 1 fully saturated rings. The maximum atomic E-state index is 12.1. The van der Waals surface area contributed by atoms with Gasteiger partial charge in [-0.15, -0.1) is 0 Å². The van der Waals surface area contributed by atoms with Gasteiger partial charge < -0.3 is 9.64 Å². The summed E-state index contributed by atoms with van der Waals surface area (Å²) in [5.41, 5.74) is 1.17.